The molecule has 0 saturated heterocycles. The van der Waals surface area contributed by atoms with Crippen LogP contribution < -0.4 is 14.8 Å². The molecule has 0 saturated carbocycles. The second-order valence-corrected chi connectivity index (χ2v) is 7.37. The number of para-hydroxylation sites is 2. The van der Waals surface area contributed by atoms with E-state index in [1.54, 1.807) is 10.9 Å². The van der Waals surface area contributed by atoms with Crippen LogP contribution in [0.2, 0.25) is 0 Å². The summed E-state index contributed by atoms with van der Waals surface area (Å²) in [5, 5.41) is 7.32. The minimum Gasteiger partial charge on any atom is -0.486 e. The summed E-state index contributed by atoms with van der Waals surface area (Å²) in [6.45, 7) is 5.01. The van der Waals surface area contributed by atoms with Gasteiger partial charge >= 0.3 is 0 Å². The van der Waals surface area contributed by atoms with Gasteiger partial charge in [-0.15, -0.1) is 0 Å². The first-order chi connectivity index (χ1) is 15.1. The van der Waals surface area contributed by atoms with Crippen molar-refractivity contribution in [2.24, 2.45) is 0 Å². The topological polar surface area (TPSA) is 70.3 Å². The molecular formula is C24H22N4O3. The van der Waals surface area contributed by atoms with Crippen LogP contribution in [0.3, 0.4) is 0 Å². The molecule has 3 heterocycles. The SMILES string of the molecule is Cc1cc(C(=O)Nc2ccccc2-n2cccn2)c(C)n1-c1ccc2c(c1)OCCO2. The minimum absolute atomic E-state index is 0.170. The zero-order valence-electron chi connectivity index (χ0n) is 17.3. The Morgan fingerprint density at radius 1 is 1.00 bits per heavy atom. The first-order valence-electron chi connectivity index (χ1n) is 10.1. The Labute approximate surface area is 179 Å². The number of aromatic nitrogens is 3. The summed E-state index contributed by atoms with van der Waals surface area (Å²) in [5.41, 5.74) is 4.85. The summed E-state index contributed by atoms with van der Waals surface area (Å²) < 4.78 is 15.1. The Morgan fingerprint density at radius 3 is 2.61 bits per heavy atom. The molecular weight excluding hydrogens is 392 g/mol. The summed E-state index contributed by atoms with van der Waals surface area (Å²) in [4.78, 5) is 13.2. The molecule has 0 atom stereocenters. The third-order valence-corrected chi connectivity index (χ3v) is 5.36. The molecule has 2 aromatic carbocycles. The molecule has 1 aliphatic rings. The molecule has 2 aromatic heterocycles. The van der Waals surface area contributed by atoms with Gasteiger partial charge in [-0.05, 0) is 50.2 Å². The monoisotopic (exact) mass is 414 g/mol. The number of fused-ring (bicyclic) bond motifs is 1. The molecule has 0 unspecified atom stereocenters. The Balaban J connectivity index is 1.47. The van der Waals surface area contributed by atoms with E-state index in [9.17, 15) is 4.79 Å². The van der Waals surface area contributed by atoms with Gasteiger partial charge in [0, 0.05) is 35.5 Å². The van der Waals surface area contributed by atoms with Crippen molar-refractivity contribution >= 4 is 11.6 Å². The number of ether oxygens (including phenoxy) is 2. The fourth-order valence-corrected chi connectivity index (χ4v) is 3.94. The minimum atomic E-state index is -0.170. The van der Waals surface area contributed by atoms with Gasteiger partial charge < -0.3 is 19.4 Å². The molecule has 0 aliphatic carbocycles. The quantitative estimate of drug-likeness (QED) is 0.540. The van der Waals surface area contributed by atoms with Gasteiger partial charge in [-0.25, -0.2) is 4.68 Å². The summed E-state index contributed by atoms with van der Waals surface area (Å²) in [5.74, 6) is 1.29. The number of aryl methyl sites for hydroxylation is 1. The Morgan fingerprint density at radius 2 is 1.81 bits per heavy atom. The van der Waals surface area contributed by atoms with E-state index in [0.29, 0.717) is 24.5 Å². The molecule has 4 aromatic rings. The van der Waals surface area contributed by atoms with Crippen LogP contribution in [0.15, 0.2) is 67.0 Å². The van der Waals surface area contributed by atoms with Crippen LogP contribution in [0.25, 0.3) is 11.4 Å². The molecule has 1 N–H and O–H groups in total. The Bertz CT molecular complexity index is 1260. The van der Waals surface area contributed by atoms with E-state index < -0.39 is 0 Å². The molecule has 156 valence electrons. The van der Waals surface area contributed by atoms with Crippen molar-refractivity contribution in [1.29, 1.82) is 0 Å². The number of rotatable bonds is 4. The number of carbonyl (C=O) groups excluding carboxylic acids is 1. The zero-order valence-corrected chi connectivity index (χ0v) is 17.3. The Kier molecular flexibility index (Phi) is 4.71. The first kappa shape index (κ1) is 19.0. The van der Waals surface area contributed by atoms with Crippen molar-refractivity contribution in [3.63, 3.8) is 0 Å². The third kappa shape index (κ3) is 3.44. The van der Waals surface area contributed by atoms with Crippen molar-refractivity contribution in [3.05, 3.63) is 83.9 Å². The lowest BCUT2D eigenvalue weighted by atomic mass is 10.2. The molecule has 0 spiro atoms. The molecule has 1 aliphatic heterocycles. The molecule has 0 fully saturated rings. The smallest absolute Gasteiger partial charge is 0.257 e. The second-order valence-electron chi connectivity index (χ2n) is 7.37. The van der Waals surface area contributed by atoms with E-state index in [4.69, 9.17) is 9.47 Å². The lowest BCUT2D eigenvalue weighted by Gasteiger charge is -2.20. The number of hydrogen-bond donors (Lipinski definition) is 1. The van der Waals surface area contributed by atoms with Crippen molar-refractivity contribution in [2.45, 2.75) is 13.8 Å². The number of nitrogens with one attached hydrogen (secondary N) is 1. The van der Waals surface area contributed by atoms with Crippen molar-refractivity contribution in [2.75, 3.05) is 18.5 Å². The zero-order chi connectivity index (χ0) is 21.4. The number of nitrogens with zero attached hydrogens (tertiary/aromatic N) is 3. The van der Waals surface area contributed by atoms with E-state index in [1.165, 1.54) is 0 Å². The number of hydrogen-bond acceptors (Lipinski definition) is 4. The van der Waals surface area contributed by atoms with Crippen molar-refractivity contribution < 1.29 is 14.3 Å². The van der Waals surface area contributed by atoms with Crippen LogP contribution >= 0.6 is 0 Å². The fourth-order valence-electron chi connectivity index (χ4n) is 3.94. The lowest BCUT2D eigenvalue weighted by Crippen LogP contribution is -2.16. The summed E-state index contributed by atoms with van der Waals surface area (Å²) in [7, 11) is 0. The van der Waals surface area contributed by atoms with Gasteiger partial charge in [0.2, 0.25) is 0 Å². The van der Waals surface area contributed by atoms with Crippen LogP contribution in [-0.2, 0) is 0 Å². The highest BCUT2D eigenvalue weighted by atomic mass is 16.6. The number of anilines is 1. The van der Waals surface area contributed by atoms with Crippen LogP contribution in [0, 0.1) is 13.8 Å². The maximum Gasteiger partial charge on any atom is 0.257 e. The van der Waals surface area contributed by atoms with Gasteiger partial charge in [0.25, 0.3) is 5.91 Å². The van der Waals surface area contributed by atoms with Gasteiger partial charge in [-0.3, -0.25) is 4.79 Å². The average molecular weight is 414 g/mol. The number of carbonyl (C=O) groups is 1. The molecule has 1 amide bonds. The van der Waals surface area contributed by atoms with Crippen LogP contribution in [0.5, 0.6) is 11.5 Å². The third-order valence-electron chi connectivity index (χ3n) is 5.36. The molecule has 0 bridgehead atoms. The largest absolute Gasteiger partial charge is 0.486 e. The van der Waals surface area contributed by atoms with E-state index in [0.717, 1.165) is 34.3 Å². The summed E-state index contributed by atoms with van der Waals surface area (Å²) >= 11 is 0. The summed E-state index contributed by atoms with van der Waals surface area (Å²) in [6.07, 6.45) is 3.55. The van der Waals surface area contributed by atoms with Crippen molar-refractivity contribution in [3.8, 4) is 22.9 Å². The maximum atomic E-state index is 13.2. The highest BCUT2D eigenvalue weighted by Gasteiger charge is 2.20. The lowest BCUT2D eigenvalue weighted by molar-refractivity contribution is 0.102. The van der Waals surface area contributed by atoms with E-state index >= 15 is 0 Å². The standard InChI is InChI=1S/C24H22N4O3/c1-16-14-19(17(2)28(16)18-8-9-22-23(15-18)31-13-12-30-22)24(29)26-20-6-3-4-7-21(20)27-11-5-10-25-27/h3-11,14-15H,12-13H2,1-2H3,(H,26,29). The van der Waals surface area contributed by atoms with Crippen LogP contribution in [0.1, 0.15) is 21.7 Å². The summed E-state index contributed by atoms with van der Waals surface area (Å²) in [6, 6.07) is 17.2. The van der Waals surface area contributed by atoms with E-state index in [2.05, 4.69) is 10.4 Å². The van der Waals surface area contributed by atoms with Crippen LogP contribution in [-0.4, -0.2) is 33.5 Å². The van der Waals surface area contributed by atoms with E-state index in [1.807, 2.05) is 79.2 Å². The maximum absolute atomic E-state index is 13.2. The average Bonchev–Trinajstić information content (AvgIpc) is 3.42. The number of amides is 1. The predicted octanol–water partition coefficient (Wildman–Crippen LogP) is 4.30. The number of benzene rings is 2. The highest BCUT2D eigenvalue weighted by molar-refractivity contribution is 6.06. The van der Waals surface area contributed by atoms with Gasteiger partial charge in [0.05, 0.1) is 16.9 Å². The Hall–Kier alpha value is -4.00. The molecule has 7 heteroatoms. The highest BCUT2D eigenvalue weighted by Crippen LogP contribution is 2.33. The first-order valence-corrected chi connectivity index (χ1v) is 10.1. The molecule has 7 nitrogen and oxygen atoms in total. The molecule has 0 radical (unpaired) electrons. The molecule has 5 rings (SSSR count). The van der Waals surface area contributed by atoms with E-state index in [-0.39, 0.29) is 5.91 Å². The van der Waals surface area contributed by atoms with Crippen LogP contribution in [0.4, 0.5) is 5.69 Å². The molecule has 31 heavy (non-hydrogen) atoms. The van der Waals surface area contributed by atoms with Gasteiger partial charge in [0.15, 0.2) is 11.5 Å². The normalized spacial score (nSPS) is 12.6. The van der Waals surface area contributed by atoms with Crippen molar-refractivity contribution in [1.82, 2.24) is 14.3 Å². The predicted molar refractivity (Wildman–Crippen MR) is 118 cm³/mol. The van der Waals surface area contributed by atoms with Gasteiger partial charge in [0.1, 0.15) is 13.2 Å². The fraction of sp³-hybridized carbons (Fsp3) is 0.167. The van der Waals surface area contributed by atoms with Gasteiger partial charge in [-0.1, -0.05) is 12.1 Å². The second kappa shape index (κ2) is 7.68. The van der Waals surface area contributed by atoms with Gasteiger partial charge in [-0.2, -0.15) is 5.10 Å².